The van der Waals surface area contributed by atoms with Crippen LogP contribution in [0.4, 0.5) is 0 Å². The molecule has 0 saturated carbocycles. The number of fused-ring (bicyclic) bond motifs is 2. The van der Waals surface area contributed by atoms with Gasteiger partial charge in [0, 0.05) is 33.3 Å². The van der Waals surface area contributed by atoms with E-state index in [9.17, 15) is 5.11 Å². The summed E-state index contributed by atoms with van der Waals surface area (Å²) in [6.45, 7) is 2.17. The van der Waals surface area contributed by atoms with E-state index < -0.39 is 6.10 Å². The lowest BCUT2D eigenvalue weighted by molar-refractivity contribution is 0.195. The number of nitrogens with one attached hydrogen (secondary N) is 1. The number of aliphatic hydroxyl groups is 1. The molecular formula is C29H26Cl2N4O2. The molecule has 6 nitrogen and oxygen atoms in total. The summed E-state index contributed by atoms with van der Waals surface area (Å²) in [7, 11) is 0. The zero-order valence-electron chi connectivity index (χ0n) is 20.3. The lowest BCUT2D eigenvalue weighted by Gasteiger charge is -2.29. The first-order chi connectivity index (χ1) is 18.0. The number of aromatic nitrogens is 4. The summed E-state index contributed by atoms with van der Waals surface area (Å²) in [5.74, 6) is 0.530. The molecule has 2 aromatic carbocycles. The van der Waals surface area contributed by atoms with Gasteiger partial charge in [0.1, 0.15) is 6.61 Å². The summed E-state index contributed by atoms with van der Waals surface area (Å²) in [6.07, 6.45) is 7.63. The van der Waals surface area contributed by atoms with E-state index in [-0.39, 0.29) is 6.04 Å². The molecule has 3 heterocycles. The summed E-state index contributed by atoms with van der Waals surface area (Å²) < 4.78 is 8.16. The van der Waals surface area contributed by atoms with Gasteiger partial charge in [0.25, 0.3) is 0 Å². The van der Waals surface area contributed by atoms with E-state index in [0.717, 1.165) is 58.1 Å². The van der Waals surface area contributed by atoms with Crippen LogP contribution in [0.1, 0.15) is 54.3 Å². The number of halogens is 2. The lowest BCUT2D eigenvalue weighted by atomic mass is 9.87. The molecule has 188 valence electrons. The van der Waals surface area contributed by atoms with Crippen molar-refractivity contribution in [3.8, 4) is 17.1 Å². The zero-order chi connectivity index (χ0) is 25.5. The molecule has 0 amide bonds. The van der Waals surface area contributed by atoms with E-state index in [0.29, 0.717) is 28.2 Å². The maximum atomic E-state index is 10.7. The first kappa shape index (κ1) is 24.0. The highest BCUT2D eigenvalue weighted by Crippen LogP contribution is 2.43. The summed E-state index contributed by atoms with van der Waals surface area (Å²) in [4.78, 5) is 12.5. The number of hydrogen-bond donors (Lipinski definition) is 2. The van der Waals surface area contributed by atoms with E-state index >= 15 is 0 Å². The minimum Gasteiger partial charge on any atom is -0.473 e. The summed E-state index contributed by atoms with van der Waals surface area (Å²) in [6, 6.07) is 15.7. The second-order valence-electron chi connectivity index (χ2n) is 9.47. The van der Waals surface area contributed by atoms with Gasteiger partial charge in [-0.2, -0.15) is 0 Å². The van der Waals surface area contributed by atoms with Crippen LogP contribution >= 0.6 is 23.2 Å². The van der Waals surface area contributed by atoms with Crippen LogP contribution in [0.5, 0.6) is 5.88 Å². The number of aromatic amines is 1. The van der Waals surface area contributed by atoms with E-state index in [1.165, 1.54) is 0 Å². The number of pyridine rings is 1. The molecule has 1 aliphatic carbocycles. The third kappa shape index (κ3) is 4.50. The molecule has 0 aliphatic heterocycles. The monoisotopic (exact) mass is 532 g/mol. The molecule has 2 atom stereocenters. The average molecular weight is 533 g/mol. The lowest BCUT2D eigenvalue weighted by Crippen LogP contribution is -2.18. The van der Waals surface area contributed by atoms with Crippen molar-refractivity contribution in [1.82, 2.24) is 19.5 Å². The van der Waals surface area contributed by atoms with E-state index in [4.69, 9.17) is 27.9 Å². The summed E-state index contributed by atoms with van der Waals surface area (Å²) in [5, 5.41) is 12.9. The fourth-order valence-corrected chi connectivity index (χ4v) is 5.99. The number of aryl methyl sites for hydroxylation is 1. The van der Waals surface area contributed by atoms with Crippen LogP contribution in [-0.4, -0.2) is 24.6 Å². The number of rotatable bonds is 6. The Labute approximate surface area is 224 Å². The van der Waals surface area contributed by atoms with Crippen molar-refractivity contribution in [3.05, 3.63) is 99.7 Å². The summed E-state index contributed by atoms with van der Waals surface area (Å²) in [5.41, 5.74) is 6.56. The van der Waals surface area contributed by atoms with Crippen LogP contribution in [0.3, 0.4) is 0 Å². The fraction of sp³-hybridized carbons (Fsp3) is 0.241. The largest absolute Gasteiger partial charge is 0.473 e. The van der Waals surface area contributed by atoms with Crippen LogP contribution in [-0.2, 0) is 13.0 Å². The molecule has 0 saturated heterocycles. The molecule has 0 bridgehead atoms. The molecule has 0 spiro atoms. The molecule has 0 fully saturated rings. The van der Waals surface area contributed by atoms with Crippen molar-refractivity contribution in [2.45, 2.75) is 44.9 Å². The highest BCUT2D eigenvalue weighted by Gasteiger charge is 2.30. The van der Waals surface area contributed by atoms with Crippen molar-refractivity contribution >= 4 is 34.1 Å². The standard InChI is InChI=1S/C29H26Cl2N4O2/c1-17(36)28-29(35(16-34-28)25-9-5-8-19-10-20(30)11-23(31)27(19)25)22-13-32-24-14-33-26(12-21(22)24)37-15-18-6-3-2-4-7-18/h2-4,6-7,10-14,16-17,25,32,36H,5,8-9,15H2,1H3. The van der Waals surface area contributed by atoms with Crippen molar-refractivity contribution < 1.29 is 9.84 Å². The molecule has 5 aromatic rings. The normalized spacial score (nSPS) is 16.1. The fourth-order valence-electron chi connectivity index (χ4n) is 5.33. The maximum Gasteiger partial charge on any atom is 0.214 e. The van der Waals surface area contributed by atoms with Crippen LogP contribution in [0.25, 0.3) is 22.2 Å². The molecule has 0 radical (unpaired) electrons. The first-order valence-corrected chi connectivity index (χ1v) is 13.1. The predicted octanol–water partition coefficient (Wildman–Crippen LogP) is 7.29. The Morgan fingerprint density at radius 2 is 2.00 bits per heavy atom. The molecule has 2 unspecified atom stereocenters. The highest BCUT2D eigenvalue weighted by atomic mass is 35.5. The molecule has 1 aliphatic rings. The second kappa shape index (κ2) is 9.86. The number of imidazole rings is 1. The molecule has 37 heavy (non-hydrogen) atoms. The highest BCUT2D eigenvalue weighted by molar-refractivity contribution is 6.35. The van der Waals surface area contributed by atoms with Crippen LogP contribution in [0.2, 0.25) is 10.0 Å². The van der Waals surface area contributed by atoms with Gasteiger partial charge in [-0.1, -0.05) is 53.5 Å². The van der Waals surface area contributed by atoms with Gasteiger partial charge in [-0.3, -0.25) is 0 Å². The van der Waals surface area contributed by atoms with E-state index in [1.807, 2.05) is 55.0 Å². The number of H-pyrrole nitrogens is 1. The van der Waals surface area contributed by atoms with Crippen LogP contribution in [0, 0.1) is 0 Å². The minimum absolute atomic E-state index is 0.0240. The quantitative estimate of drug-likeness (QED) is 0.240. The Morgan fingerprint density at radius 1 is 1.16 bits per heavy atom. The van der Waals surface area contributed by atoms with Gasteiger partial charge < -0.3 is 19.4 Å². The minimum atomic E-state index is -0.749. The number of aliphatic hydroxyl groups excluding tert-OH is 1. The SMILES string of the molecule is CC(O)c1ncn(C2CCCc3cc(Cl)cc(Cl)c32)c1-c1c[nH]c2cnc(OCc3ccccc3)cc12. The molecule has 8 heteroatoms. The van der Waals surface area contributed by atoms with Gasteiger partial charge in [0.15, 0.2) is 0 Å². The Bertz CT molecular complexity index is 1580. The maximum absolute atomic E-state index is 10.7. The van der Waals surface area contributed by atoms with Gasteiger partial charge in [-0.15, -0.1) is 0 Å². The van der Waals surface area contributed by atoms with Crippen molar-refractivity contribution in [3.63, 3.8) is 0 Å². The first-order valence-electron chi connectivity index (χ1n) is 12.4. The predicted molar refractivity (Wildman–Crippen MR) is 146 cm³/mol. The zero-order valence-corrected chi connectivity index (χ0v) is 21.8. The molecule has 3 aromatic heterocycles. The van der Waals surface area contributed by atoms with Crippen LogP contribution < -0.4 is 4.74 Å². The second-order valence-corrected chi connectivity index (χ2v) is 10.3. The van der Waals surface area contributed by atoms with Crippen molar-refractivity contribution in [2.24, 2.45) is 0 Å². The van der Waals surface area contributed by atoms with Gasteiger partial charge in [-0.25, -0.2) is 9.97 Å². The summed E-state index contributed by atoms with van der Waals surface area (Å²) >= 11 is 13.1. The third-order valence-electron chi connectivity index (χ3n) is 7.02. The van der Waals surface area contributed by atoms with Gasteiger partial charge in [-0.05, 0) is 55.0 Å². The van der Waals surface area contributed by atoms with Gasteiger partial charge >= 0.3 is 0 Å². The van der Waals surface area contributed by atoms with Crippen molar-refractivity contribution in [2.75, 3.05) is 0 Å². The molecule has 6 rings (SSSR count). The smallest absolute Gasteiger partial charge is 0.214 e. The van der Waals surface area contributed by atoms with Gasteiger partial charge in [0.05, 0.1) is 41.6 Å². The number of nitrogens with zero attached hydrogens (tertiary/aromatic N) is 3. The van der Waals surface area contributed by atoms with E-state index in [2.05, 4.69) is 19.5 Å². The number of hydrogen-bond acceptors (Lipinski definition) is 4. The topological polar surface area (TPSA) is 76.0 Å². The number of ether oxygens (including phenoxy) is 1. The molecular weight excluding hydrogens is 507 g/mol. The Balaban J connectivity index is 1.45. The van der Waals surface area contributed by atoms with Gasteiger partial charge in [0.2, 0.25) is 5.88 Å². The number of benzene rings is 2. The molecule has 2 N–H and O–H groups in total. The third-order valence-corrected chi connectivity index (χ3v) is 7.55. The van der Waals surface area contributed by atoms with Crippen LogP contribution in [0.15, 0.2) is 67.3 Å². The average Bonchev–Trinajstić information content (AvgIpc) is 3.51. The Morgan fingerprint density at radius 3 is 2.81 bits per heavy atom. The van der Waals surface area contributed by atoms with Crippen molar-refractivity contribution in [1.29, 1.82) is 0 Å². The Kier molecular flexibility index (Phi) is 6.41. The Hall–Kier alpha value is -3.32. The van der Waals surface area contributed by atoms with E-state index in [1.54, 1.807) is 19.2 Å².